The maximum absolute atomic E-state index is 14.2. The summed E-state index contributed by atoms with van der Waals surface area (Å²) in [5.74, 6) is 1.16. The molecule has 0 aliphatic carbocycles. The van der Waals surface area contributed by atoms with E-state index in [1.165, 1.54) is 7.11 Å². The molecule has 2 N–H and O–H groups in total. The fourth-order valence-electron chi connectivity index (χ4n) is 5.86. The lowest BCUT2D eigenvalue weighted by Gasteiger charge is -2.27. The van der Waals surface area contributed by atoms with Crippen LogP contribution in [0.25, 0.3) is 33.6 Å². The Morgan fingerprint density at radius 1 is 1.14 bits per heavy atom. The first-order chi connectivity index (χ1) is 20.5. The molecule has 2 aromatic heterocycles. The van der Waals surface area contributed by atoms with E-state index >= 15 is 0 Å². The zero-order valence-corrected chi connectivity index (χ0v) is 23.5. The number of nitriles is 1. The van der Waals surface area contributed by atoms with E-state index in [0.717, 1.165) is 49.2 Å². The van der Waals surface area contributed by atoms with Gasteiger partial charge in [-0.3, -0.25) is 9.78 Å². The Balaban J connectivity index is 1.28. The van der Waals surface area contributed by atoms with Crippen LogP contribution in [0.4, 0.5) is 4.39 Å². The molecule has 1 amide bonds. The number of pyridine rings is 1. The molecule has 2 aliphatic heterocycles. The molecule has 2 aromatic carbocycles. The molecule has 9 heteroatoms. The zero-order chi connectivity index (χ0) is 29.1. The molecule has 0 bridgehead atoms. The smallest absolute Gasteiger partial charge is 0.251 e. The Morgan fingerprint density at radius 3 is 2.79 bits per heavy atom. The van der Waals surface area contributed by atoms with E-state index in [2.05, 4.69) is 21.7 Å². The van der Waals surface area contributed by atoms with Crippen molar-refractivity contribution in [3.8, 4) is 34.3 Å². The van der Waals surface area contributed by atoms with Crippen molar-refractivity contribution in [2.45, 2.75) is 37.9 Å². The number of benzene rings is 2. The summed E-state index contributed by atoms with van der Waals surface area (Å²) in [4.78, 5) is 17.4. The second kappa shape index (κ2) is 12.3. The summed E-state index contributed by atoms with van der Waals surface area (Å²) in [6.07, 6.45) is 4.02. The van der Waals surface area contributed by atoms with Gasteiger partial charge >= 0.3 is 0 Å². The second-order valence-electron chi connectivity index (χ2n) is 10.9. The van der Waals surface area contributed by atoms with Gasteiger partial charge in [0.2, 0.25) is 0 Å². The average Bonchev–Trinajstić information content (AvgIpc) is 3.47. The molecule has 8 nitrogen and oxygen atoms in total. The minimum absolute atomic E-state index is 0.230. The minimum atomic E-state index is -1.13. The van der Waals surface area contributed by atoms with Crippen molar-refractivity contribution in [3.63, 3.8) is 0 Å². The number of amides is 1. The van der Waals surface area contributed by atoms with Crippen molar-refractivity contribution in [3.05, 3.63) is 71.4 Å². The number of carbonyl (C=O) groups is 1. The van der Waals surface area contributed by atoms with Gasteiger partial charge in [0.05, 0.1) is 30.3 Å². The van der Waals surface area contributed by atoms with Crippen molar-refractivity contribution < 1.29 is 23.1 Å². The lowest BCUT2D eigenvalue weighted by molar-refractivity contribution is 0.0665. The molecule has 6 rings (SSSR count). The highest BCUT2D eigenvalue weighted by atomic mass is 19.1. The number of methoxy groups -OCH3 is 1. The molecule has 0 radical (unpaired) electrons. The maximum Gasteiger partial charge on any atom is 0.251 e. The molecule has 42 heavy (non-hydrogen) atoms. The van der Waals surface area contributed by atoms with Gasteiger partial charge in [-0.25, -0.2) is 4.39 Å². The maximum atomic E-state index is 14.2. The van der Waals surface area contributed by atoms with Gasteiger partial charge in [0, 0.05) is 43.1 Å². The number of nitrogens with zero attached hydrogens (tertiary/aromatic N) is 2. The summed E-state index contributed by atoms with van der Waals surface area (Å²) in [5, 5.41) is 15.7. The summed E-state index contributed by atoms with van der Waals surface area (Å²) in [6, 6.07) is 16.7. The Bertz CT molecular complexity index is 1640. The van der Waals surface area contributed by atoms with Crippen LogP contribution in [0, 0.1) is 17.2 Å². The number of carbonyl (C=O) groups excluding carboxylic acids is 1. The van der Waals surface area contributed by atoms with Crippen LogP contribution in [0.3, 0.4) is 0 Å². The second-order valence-corrected chi connectivity index (χ2v) is 10.9. The van der Waals surface area contributed by atoms with E-state index in [1.54, 1.807) is 24.4 Å². The van der Waals surface area contributed by atoms with E-state index in [0.29, 0.717) is 58.2 Å². The highest BCUT2D eigenvalue weighted by Crippen LogP contribution is 2.38. The number of alkyl halides is 1. The summed E-state index contributed by atoms with van der Waals surface area (Å²) < 4.78 is 31.7. The number of rotatable bonds is 7. The van der Waals surface area contributed by atoms with E-state index in [4.69, 9.17) is 13.9 Å². The Kier molecular flexibility index (Phi) is 8.17. The van der Waals surface area contributed by atoms with Gasteiger partial charge < -0.3 is 24.5 Å². The van der Waals surface area contributed by atoms with Gasteiger partial charge in [0.1, 0.15) is 23.2 Å². The molecule has 0 spiro atoms. The largest absolute Gasteiger partial charge is 0.496 e. The lowest BCUT2D eigenvalue weighted by Crippen LogP contribution is -2.50. The van der Waals surface area contributed by atoms with Gasteiger partial charge in [-0.05, 0) is 79.6 Å². The number of hydrogen-bond donors (Lipinski definition) is 2. The molecule has 4 heterocycles. The van der Waals surface area contributed by atoms with Crippen molar-refractivity contribution in [2.75, 3.05) is 33.4 Å². The molecule has 4 aromatic rings. The highest BCUT2D eigenvalue weighted by molar-refractivity contribution is 5.97. The van der Waals surface area contributed by atoms with E-state index in [-0.39, 0.29) is 12.5 Å². The molecule has 0 unspecified atom stereocenters. The number of fused-ring (bicyclic) bond motifs is 1. The van der Waals surface area contributed by atoms with Crippen LogP contribution >= 0.6 is 0 Å². The third kappa shape index (κ3) is 5.73. The molecular weight excluding hydrogens is 535 g/mol. The first kappa shape index (κ1) is 27.9. The molecular formula is C33H33FN4O4. The van der Waals surface area contributed by atoms with Crippen molar-refractivity contribution in [1.82, 2.24) is 15.6 Å². The number of piperidine rings is 1. The fraction of sp³-hybridized carbons (Fsp3) is 0.364. The van der Waals surface area contributed by atoms with Crippen LogP contribution in [0.2, 0.25) is 0 Å². The monoisotopic (exact) mass is 568 g/mol. The average molecular weight is 569 g/mol. The Hall–Kier alpha value is -4.26. The molecule has 2 atom stereocenters. The number of nitrogens with one attached hydrogen (secondary N) is 2. The third-order valence-corrected chi connectivity index (χ3v) is 8.26. The number of aromatic nitrogens is 1. The van der Waals surface area contributed by atoms with E-state index in [9.17, 15) is 14.4 Å². The van der Waals surface area contributed by atoms with Crippen LogP contribution in [0.5, 0.6) is 5.75 Å². The van der Waals surface area contributed by atoms with Crippen LogP contribution in [-0.2, 0) is 11.2 Å². The first-order valence-electron chi connectivity index (χ1n) is 14.4. The Labute approximate surface area is 243 Å². The van der Waals surface area contributed by atoms with Crippen molar-refractivity contribution in [2.24, 2.45) is 5.92 Å². The first-order valence-corrected chi connectivity index (χ1v) is 14.4. The summed E-state index contributed by atoms with van der Waals surface area (Å²) >= 11 is 0. The predicted molar refractivity (Wildman–Crippen MR) is 157 cm³/mol. The van der Waals surface area contributed by atoms with E-state index in [1.807, 2.05) is 30.3 Å². The molecule has 2 aliphatic rings. The fourth-order valence-corrected chi connectivity index (χ4v) is 5.86. The minimum Gasteiger partial charge on any atom is -0.496 e. The highest BCUT2D eigenvalue weighted by Gasteiger charge is 2.27. The quantitative estimate of drug-likeness (QED) is 0.306. The molecule has 0 saturated carbocycles. The number of furan rings is 1. The van der Waals surface area contributed by atoms with Crippen LogP contribution in [-0.4, -0.2) is 56.5 Å². The van der Waals surface area contributed by atoms with Crippen LogP contribution < -0.4 is 15.4 Å². The van der Waals surface area contributed by atoms with Crippen molar-refractivity contribution >= 4 is 17.0 Å². The van der Waals surface area contributed by atoms with Gasteiger partial charge in [-0.15, -0.1) is 0 Å². The SMILES string of the molecule is COc1cc(C(=O)N[C@@H]2CCNC[C@@H]2F)ccc1-c1cc2nccc(-c3ccc(CC4CCOCC4)c(C#N)c3)c2o1. The van der Waals surface area contributed by atoms with Gasteiger partial charge in [0.25, 0.3) is 5.91 Å². The molecule has 216 valence electrons. The molecule has 2 fully saturated rings. The third-order valence-electron chi connectivity index (χ3n) is 8.26. The number of hydrogen-bond acceptors (Lipinski definition) is 7. The van der Waals surface area contributed by atoms with Gasteiger partial charge in [0.15, 0.2) is 5.58 Å². The lowest BCUT2D eigenvalue weighted by atomic mass is 9.89. The van der Waals surface area contributed by atoms with Gasteiger partial charge in [-0.1, -0.05) is 12.1 Å². The van der Waals surface area contributed by atoms with Crippen LogP contribution in [0.15, 0.2) is 59.1 Å². The Morgan fingerprint density at radius 2 is 2.00 bits per heavy atom. The number of halogens is 1. The van der Waals surface area contributed by atoms with Gasteiger partial charge in [-0.2, -0.15) is 5.26 Å². The topological polar surface area (TPSA) is 109 Å². The predicted octanol–water partition coefficient (Wildman–Crippen LogP) is 5.44. The molecule has 2 saturated heterocycles. The standard InChI is InChI=1S/C33H33FN4O4/c1-40-30-16-23(33(39)38-28-7-10-36-19-27(28)34)4-5-26(30)31-17-29-32(42-31)25(6-11-37-29)22-3-2-21(24(15-22)18-35)14-20-8-12-41-13-9-20/h2-6,11,15-17,20,27-28,36H,7-10,12-14,19H2,1H3,(H,38,39)/t27-,28+/m0/s1. The number of ether oxygens (including phenoxy) is 2. The van der Waals surface area contributed by atoms with Crippen LogP contribution in [0.1, 0.15) is 40.7 Å². The normalized spacial score (nSPS) is 19.4. The summed E-state index contributed by atoms with van der Waals surface area (Å²) in [5.41, 5.74) is 5.71. The van der Waals surface area contributed by atoms with E-state index < -0.39 is 12.2 Å². The van der Waals surface area contributed by atoms with Crippen molar-refractivity contribution in [1.29, 1.82) is 5.26 Å². The summed E-state index contributed by atoms with van der Waals surface area (Å²) in [7, 11) is 1.53. The zero-order valence-electron chi connectivity index (χ0n) is 23.5. The summed E-state index contributed by atoms with van der Waals surface area (Å²) in [6.45, 7) is 2.44.